The average molecular weight is 137 g/mol. The second-order valence-electron chi connectivity index (χ2n) is 3.29. The first-order valence-corrected chi connectivity index (χ1v) is 6.25. The van der Waals surface area contributed by atoms with Crippen LogP contribution in [0, 0.1) is 0 Å². The summed E-state index contributed by atoms with van der Waals surface area (Å²) in [6.45, 7) is 2.36. The van der Waals surface area contributed by atoms with Gasteiger partial charge in [0.2, 0.25) is 0 Å². The maximum absolute atomic E-state index is 2.36. The van der Waals surface area contributed by atoms with Gasteiger partial charge in [0.05, 0.1) is 0 Å². The molecule has 0 amide bonds. The summed E-state index contributed by atoms with van der Waals surface area (Å²) in [7, 11) is 0. The topological polar surface area (TPSA) is 0 Å². The average Bonchev–Trinajstić information content (AvgIpc) is 1.91. The van der Waals surface area contributed by atoms with Crippen LogP contribution in [0.25, 0.3) is 0 Å². The van der Waals surface area contributed by atoms with E-state index in [0.29, 0.717) is 20.4 Å². The van der Waals surface area contributed by atoms with Gasteiger partial charge in [-0.05, 0) is 0 Å². The zero-order valence-corrected chi connectivity index (χ0v) is 7.94. The molecule has 0 unspecified atom stereocenters. The first kappa shape index (κ1) is 7.87. The number of hydrogen-bond donors (Lipinski definition) is 0. The van der Waals surface area contributed by atoms with Crippen LogP contribution in [0.4, 0.5) is 0 Å². The van der Waals surface area contributed by atoms with E-state index in [4.69, 9.17) is 0 Å². The van der Waals surface area contributed by atoms with Crippen molar-refractivity contribution in [3.05, 3.63) is 0 Å². The molecule has 1 fully saturated rings. The Morgan fingerprint density at radius 3 is 2.44 bits per heavy atom. The Bertz CT molecular complexity index is 62.2. The Morgan fingerprint density at radius 1 is 1.22 bits per heavy atom. The van der Waals surface area contributed by atoms with E-state index in [9.17, 15) is 0 Å². The monoisotopic (exact) mass is 136 g/mol. The van der Waals surface area contributed by atoms with E-state index in [1.807, 2.05) is 0 Å². The zero-order chi connectivity index (χ0) is 6.53. The highest BCUT2D eigenvalue weighted by molar-refractivity contribution is 6.37. The minimum atomic E-state index is 0.376. The second kappa shape index (κ2) is 4.56. The van der Waals surface area contributed by atoms with Crippen molar-refractivity contribution in [3.63, 3.8) is 0 Å². The fourth-order valence-corrected chi connectivity index (χ4v) is 3.86. The van der Waals surface area contributed by atoms with Crippen LogP contribution >= 0.6 is 0 Å². The maximum atomic E-state index is 2.36. The molecule has 1 aliphatic carbocycles. The molecule has 0 atom stereocenters. The normalized spacial score (nSPS) is 21.4. The van der Waals surface area contributed by atoms with Crippen LogP contribution in [0.3, 0.4) is 0 Å². The summed E-state index contributed by atoms with van der Waals surface area (Å²) in [5, 5.41) is 0. The van der Waals surface area contributed by atoms with Crippen molar-refractivity contribution in [2.75, 3.05) is 0 Å². The van der Waals surface area contributed by atoms with Gasteiger partial charge in [-0.3, -0.25) is 0 Å². The molecule has 1 rings (SSSR count). The van der Waals surface area contributed by atoms with Crippen LogP contribution in [-0.2, 0) is 0 Å². The molecule has 0 nitrogen and oxygen atoms in total. The molecule has 0 saturated heterocycles. The van der Waals surface area contributed by atoms with E-state index in [1.54, 1.807) is 12.8 Å². The van der Waals surface area contributed by atoms with E-state index in [1.165, 1.54) is 27.9 Å². The molecule has 0 radical (unpaired) electrons. The zero-order valence-electron chi connectivity index (χ0n) is 6.53. The van der Waals surface area contributed by atoms with E-state index in [-0.39, 0.29) is 0 Å². The van der Waals surface area contributed by atoms with Crippen molar-refractivity contribution in [3.8, 4) is 0 Å². The molecule has 0 aromatic carbocycles. The van der Waals surface area contributed by atoms with Gasteiger partial charge in [-0.15, -0.1) is 8.60 Å². The fourth-order valence-electron chi connectivity index (χ4n) is 1.88. The van der Waals surface area contributed by atoms with Gasteiger partial charge in [0.1, 0.15) is 0 Å². The third-order valence-electron chi connectivity index (χ3n) is 2.42. The van der Waals surface area contributed by atoms with Gasteiger partial charge >= 0.3 is 20.4 Å². The van der Waals surface area contributed by atoms with Gasteiger partial charge in [0.15, 0.2) is 0 Å². The minimum absolute atomic E-state index is 0.376. The molecule has 50 valence electrons. The smallest absolute Gasteiger partial charge is 0.148 e. The summed E-state index contributed by atoms with van der Waals surface area (Å²) in [5.74, 6) is 0. The third kappa shape index (κ3) is 2.90. The maximum Gasteiger partial charge on any atom is 0.368 e. The molecule has 1 aliphatic rings. The largest absolute Gasteiger partial charge is 0.368 e. The molecule has 1 heteroatoms. The molecule has 0 bridgehead atoms. The molecule has 0 spiro atoms. The van der Waals surface area contributed by atoms with Gasteiger partial charge in [0, 0.05) is 0 Å². The lowest BCUT2D eigenvalue weighted by atomic mass is 10.00. The second-order valence-corrected chi connectivity index (χ2v) is 6.02. The summed E-state index contributed by atoms with van der Waals surface area (Å²) < 4.78 is 2.77. The highest BCUT2D eigenvalue weighted by Gasteiger charge is 2.13. The third-order valence-corrected chi connectivity index (χ3v) is 4.63. The van der Waals surface area contributed by atoms with Crippen molar-refractivity contribution in [2.24, 2.45) is 0 Å². The molecule has 0 aliphatic heterocycles. The first-order chi connectivity index (χ1) is 4.43. The van der Waals surface area contributed by atoms with Gasteiger partial charge in [0.25, 0.3) is 0 Å². The van der Waals surface area contributed by atoms with E-state index >= 15 is 0 Å². The highest BCUT2D eigenvalue weighted by Crippen LogP contribution is 2.27. The van der Waals surface area contributed by atoms with E-state index < -0.39 is 0 Å². The van der Waals surface area contributed by atoms with Crippen LogP contribution in [0.1, 0.15) is 39.0 Å². The Hall–Kier alpha value is 0.766. The molecular weight excluding hydrogens is 120 g/mol. The first-order valence-electron chi connectivity index (χ1n) is 4.43. The van der Waals surface area contributed by atoms with Crippen molar-refractivity contribution >= 4 is 20.4 Å². The van der Waals surface area contributed by atoms with Crippen LogP contribution in [0.5, 0.6) is 0 Å². The van der Waals surface area contributed by atoms with Crippen molar-refractivity contribution in [1.29, 1.82) is 0 Å². The molecule has 1 saturated carbocycles. The van der Waals surface area contributed by atoms with Gasteiger partial charge in [-0.2, -0.15) is 0 Å². The van der Waals surface area contributed by atoms with Crippen LogP contribution in [-0.4, -0.2) is 20.4 Å². The quantitative estimate of drug-likeness (QED) is 0.512. The summed E-state index contributed by atoms with van der Waals surface area (Å²) in [4.78, 5) is 0. The van der Waals surface area contributed by atoms with Crippen molar-refractivity contribution in [2.45, 2.75) is 47.6 Å². The van der Waals surface area contributed by atoms with Crippen LogP contribution in [0.2, 0.25) is 8.60 Å². The van der Waals surface area contributed by atoms with Crippen LogP contribution < -0.4 is 0 Å². The SMILES string of the molecule is C[CH2][Mg][CH]1CCCCC1. The van der Waals surface area contributed by atoms with Gasteiger partial charge in [-0.25, -0.2) is 0 Å². The fraction of sp³-hybridized carbons (Fsp3) is 1.00. The predicted octanol–water partition coefficient (Wildman–Crippen LogP) is 2.88. The standard InChI is InChI=1S/C6H11.C2H5.Mg/c1-2-4-6-5-3-1;1-2;/h1H,2-6H2;1H2,2H3;. The lowest BCUT2D eigenvalue weighted by Crippen LogP contribution is -2.06. The summed E-state index contributed by atoms with van der Waals surface area (Å²) in [5.41, 5.74) is 0. The lowest BCUT2D eigenvalue weighted by molar-refractivity contribution is 0.500. The van der Waals surface area contributed by atoms with E-state index in [0.717, 1.165) is 0 Å². The summed E-state index contributed by atoms with van der Waals surface area (Å²) >= 11 is 0.376. The molecule has 0 heterocycles. The Kier molecular flexibility index (Phi) is 3.99. The Balaban J connectivity index is 2.08. The molecule has 0 aromatic rings. The Labute approximate surface area is 68.1 Å². The van der Waals surface area contributed by atoms with Gasteiger partial charge < -0.3 is 0 Å². The van der Waals surface area contributed by atoms with Gasteiger partial charge in [-0.1, -0.05) is 39.0 Å². The molecule has 0 N–H and O–H groups in total. The van der Waals surface area contributed by atoms with Crippen LogP contribution in [0.15, 0.2) is 0 Å². The van der Waals surface area contributed by atoms with Crippen molar-refractivity contribution in [1.82, 2.24) is 0 Å². The summed E-state index contributed by atoms with van der Waals surface area (Å²) in [6.07, 6.45) is 7.77. The molecular formula is C8H16Mg. The summed E-state index contributed by atoms with van der Waals surface area (Å²) in [6, 6.07) is 0. The van der Waals surface area contributed by atoms with E-state index in [2.05, 4.69) is 6.92 Å². The molecule has 9 heavy (non-hydrogen) atoms. The van der Waals surface area contributed by atoms with Crippen molar-refractivity contribution < 1.29 is 0 Å². The lowest BCUT2D eigenvalue weighted by Gasteiger charge is -2.20. The Morgan fingerprint density at radius 2 is 1.89 bits per heavy atom. The highest BCUT2D eigenvalue weighted by atomic mass is 24.5. The number of rotatable bonds is 2. The molecule has 0 aromatic heterocycles. The predicted molar refractivity (Wildman–Crippen MR) is 43.1 cm³/mol. The number of hydrogen-bond acceptors (Lipinski definition) is 0. The minimum Gasteiger partial charge on any atom is -0.148 e.